The molecule has 0 spiro atoms. The molecule has 3 N–H and O–H groups in total. The SMILES string of the molecule is CC1CN(CC(=O)N2CC=C(C3Cc4c(Nc5ccc6ncsc6c5)ccnc4N3)CC2)CC(C)N1. The van der Waals surface area contributed by atoms with Crippen molar-refractivity contribution in [1.82, 2.24) is 25.1 Å². The molecule has 9 heteroatoms. The molecule has 1 fully saturated rings. The minimum absolute atomic E-state index is 0.228. The maximum absolute atomic E-state index is 13.0. The molecule has 3 atom stereocenters. The highest BCUT2D eigenvalue weighted by atomic mass is 32.1. The van der Waals surface area contributed by atoms with E-state index in [4.69, 9.17) is 0 Å². The summed E-state index contributed by atoms with van der Waals surface area (Å²) >= 11 is 1.65. The van der Waals surface area contributed by atoms with E-state index in [0.717, 1.165) is 55.2 Å². The van der Waals surface area contributed by atoms with Crippen molar-refractivity contribution in [2.45, 2.75) is 44.8 Å². The lowest BCUT2D eigenvalue weighted by Gasteiger charge is -2.37. The Morgan fingerprint density at radius 1 is 1.19 bits per heavy atom. The normalized spacial score (nSPS) is 24.3. The second kappa shape index (κ2) is 9.80. The Morgan fingerprint density at radius 3 is 2.86 bits per heavy atom. The number of benzene rings is 1. The number of amides is 1. The van der Waals surface area contributed by atoms with Crippen molar-refractivity contribution in [3.8, 4) is 0 Å². The van der Waals surface area contributed by atoms with Crippen molar-refractivity contribution >= 4 is 44.7 Å². The Balaban J connectivity index is 1.09. The van der Waals surface area contributed by atoms with Gasteiger partial charge in [-0.15, -0.1) is 11.3 Å². The fraction of sp³-hybridized carbons (Fsp3) is 0.444. The van der Waals surface area contributed by atoms with Crippen molar-refractivity contribution < 1.29 is 4.79 Å². The van der Waals surface area contributed by atoms with Crippen LogP contribution >= 0.6 is 11.3 Å². The molecule has 0 saturated carbocycles. The van der Waals surface area contributed by atoms with Crippen molar-refractivity contribution in [3.63, 3.8) is 0 Å². The lowest BCUT2D eigenvalue weighted by atomic mass is 9.97. The lowest BCUT2D eigenvalue weighted by molar-refractivity contribution is -0.132. The van der Waals surface area contributed by atoms with Gasteiger partial charge in [0, 0.05) is 67.8 Å². The second-order valence-electron chi connectivity index (χ2n) is 10.3. The van der Waals surface area contributed by atoms with Crippen molar-refractivity contribution in [1.29, 1.82) is 0 Å². The summed E-state index contributed by atoms with van der Waals surface area (Å²) in [5.41, 5.74) is 7.65. The number of hydrogen-bond donors (Lipinski definition) is 3. The Kier molecular flexibility index (Phi) is 6.37. The van der Waals surface area contributed by atoms with E-state index in [2.05, 4.69) is 68.9 Å². The third-order valence-corrected chi connectivity index (χ3v) is 8.21. The number of pyridine rings is 1. The van der Waals surface area contributed by atoms with Gasteiger partial charge in [0.1, 0.15) is 5.82 Å². The summed E-state index contributed by atoms with van der Waals surface area (Å²) in [5, 5.41) is 10.8. The van der Waals surface area contributed by atoms with E-state index in [1.165, 1.54) is 15.8 Å². The first-order chi connectivity index (χ1) is 17.5. The molecule has 0 radical (unpaired) electrons. The lowest BCUT2D eigenvalue weighted by Crippen LogP contribution is -2.56. The van der Waals surface area contributed by atoms with Crippen LogP contribution in [0, 0.1) is 0 Å². The fourth-order valence-electron chi connectivity index (χ4n) is 5.76. The number of thiazole rings is 1. The molecule has 6 rings (SSSR count). The van der Waals surface area contributed by atoms with Gasteiger partial charge in [-0.05, 0) is 50.1 Å². The fourth-order valence-corrected chi connectivity index (χ4v) is 6.48. The highest BCUT2D eigenvalue weighted by Gasteiger charge is 2.30. The third kappa shape index (κ3) is 4.83. The Hall–Kier alpha value is -3.01. The van der Waals surface area contributed by atoms with Crippen molar-refractivity contribution in [2.75, 3.05) is 43.4 Å². The summed E-state index contributed by atoms with van der Waals surface area (Å²) in [6, 6.07) is 9.41. The van der Waals surface area contributed by atoms with Crippen LogP contribution in [-0.2, 0) is 11.2 Å². The molecule has 0 bridgehead atoms. The predicted molar refractivity (Wildman–Crippen MR) is 146 cm³/mol. The number of rotatable bonds is 5. The van der Waals surface area contributed by atoms with Gasteiger partial charge in [-0.1, -0.05) is 6.08 Å². The molecular weight excluding hydrogens is 470 g/mol. The average Bonchev–Trinajstić information content (AvgIpc) is 3.51. The summed E-state index contributed by atoms with van der Waals surface area (Å²) in [6.07, 6.45) is 5.90. The van der Waals surface area contributed by atoms with Crippen LogP contribution in [0.5, 0.6) is 0 Å². The molecule has 8 nitrogen and oxygen atoms in total. The number of carbonyl (C=O) groups is 1. The number of nitrogens with zero attached hydrogens (tertiary/aromatic N) is 4. The largest absolute Gasteiger partial charge is 0.363 e. The van der Waals surface area contributed by atoms with Gasteiger partial charge in [0.15, 0.2) is 0 Å². The molecule has 1 amide bonds. The topological polar surface area (TPSA) is 85.4 Å². The Bertz CT molecular complexity index is 1290. The third-order valence-electron chi connectivity index (χ3n) is 7.42. The monoisotopic (exact) mass is 503 g/mol. The molecule has 5 heterocycles. The average molecular weight is 504 g/mol. The highest BCUT2D eigenvalue weighted by Crippen LogP contribution is 2.36. The van der Waals surface area contributed by atoms with Crippen LogP contribution in [0.15, 0.2) is 47.6 Å². The first-order valence-corrected chi connectivity index (χ1v) is 13.7. The van der Waals surface area contributed by atoms with E-state index < -0.39 is 0 Å². The van der Waals surface area contributed by atoms with Crippen LogP contribution in [0.25, 0.3) is 10.2 Å². The van der Waals surface area contributed by atoms with E-state index in [1.54, 1.807) is 11.3 Å². The molecule has 36 heavy (non-hydrogen) atoms. The van der Waals surface area contributed by atoms with Gasteiger partial charge in [0.05, 0.1) is 28.3 Å². The minimum atomic E-state index is 0.228. The zero-order chi connectivity index (χ0) is 24.6. The summed E-state index contributed by atoms with van der Waals surface area (Å²) in [5.74, 6) is 1.19. The van der Waals surface area contributed by atoms with Crippen molar-refractivity contribution in [3.05, 3.63) is 53.2 Å². The molecule has 2 aromatic heterocycles. The van der Waals surface area contributed by atoms with Gasteiger partial charge in [-0.3, -0.25) is 9.69 Å². The van der Waals surface area contributed by atoms with E-state index >= 15 is 0 Å². The van der Waals surface area contributed by atoms with E-state index in [-0.39, 0.29) is 11.9 Å². The van der Waals surface area contributed by atoms with Gasteiger partial charge in [0.25, 0.3) is 0 Å². The smallest absolute Gasteiger partial charge is 0.237 e. The molecule has 3 aliphatic rings. The van der Waals surface area contributed by atoms with Crippen LogP contribution in [0.3, 0.4) is 0 Å². The van der Waals surface area contributed by atoms with Crippen molar-refractivity contribution in [2.24, 2.45) is 0 Å². The molecule has 3 unspecified atom stereocenters. The van der Waals surface area contributed by atoms with Gasteiger partial charge >= 0.3 is 0 Å². The quantitative estimate of drug-likeness (QED) is 0.459. The number of piperazine rings is 1. The zero-order valence-electron chi connectivity index (χ0n) is 20.8. The summed E-state index contributed by atoms with van der Waals surface area (Å²) in [7, 11) is 0. The van der Waals surface area contributed by atoms with Crippen LogP contribution in [-0.4, -0.2) is 76.5 Å². The predicted octanol–water partition coefficient (Wildman–Crippen LogP) is 3.61. The molecule has 1 saturated heterocycles. The minimum Gasteiger partial charge on any atom is -0.363 e. The maximum atomic E-state index is 13.0. The maximum Gasteiger partial charge on any atom is 0.237 e. The first kappa shape index (κ1) is 23.4. The van der Waals surface area contributed by atoms with Gasteiger partial charge in [-0.25, -0.2) is 9.97 Å². The zero-order valence-corrected chi connectivity index (χ0v) is 21.6. The molecule has 1 aromatic carbocycles. The van der Waals surface area contributed by atoms with Crippen LogP contribution in [0.2, 0.25) is 0 Å². The van der Waals surface area contributed by atoms with E-state index in [9.17, 15) is 4.79 Å². The van der Waals surface area contributed by atoms with Crippen LogP contribution in [0.1, 0.15) is 25.8 Å². The van der Waals surface area contributed by atoms with Gasteiger partial charge < -0.3 is 20.9 Å². The summed E-state index contributed by atoms with van der Waals surface area (Å²) < 4.78 is 1.18. The molecule has 0 aliphatic carbocycles. The number of nitrogens with one attached hydrogen (secondary N) is 3. The molecule has 188 valence electrons. The number of anilines is 3. The Labute approximate surface area is 215 Å². The van der Waals surface area contributed by atoms with Gasteiger partial charge in [-0.2, -0.15) is 0 Å². The number of carbonyl (C=O) groups excluding carboxylic acids is 1. The van der Waals surface area contributed by atoms with Crippen LogP contribution < -0.4 is 16.0 Å². The summed E-state index contributed by atoms with van der Waals surface area (Å²) in [6.45, 7) is 8.21. The molecule has 3 aromatic rings. The first-order valence-electron chi connectivity index (χ1n) is 12.8. The number of hydrogen-bond acceptors (Lipinski definition) is 8. The summed E-state index contributed by atoms with van der Waals surface area (Å²) in [4.78, 5) is 26.2. The molecular formula is C27H33N7OS. The standard InChI is InChI=1S/C27H33N7OS/c1-17-13-33(14-18(2)30-17)15-26(35)34-9-6-19(7-10-34)24-12-21-22(5-8-28-27(21)32-24)31-20-3-4-23-25(11-20)36-16-29-23/h3-6,8,11,16-18,24,30H,7,9-10,12-15H2,1-2H3,(H2,28,31,32). The van der Waals surface area contributed by atoms with E-state index in [1.807, 2.05) is 22.7 Å². The second-order valence-corrected chi connectivity index (χ2v) is 11.2. The van der Waals surface area contributed by atoms with E-state index in [0.29, 0.717) is 25.2 Å². The highest BCUT2D eigenvalue weighted by molar-refractivity contribution is 7.16. The van der Waals surface area contributed by atoms with Crippen LogP contribution in [0.4, 0.5) is 17.2 Å². The Morgan fingerprint density at radius 2 is 2.06 bits per heavy atom. The van der Waals surface area contributed by atoms with Gasteiger partial charge in [0.2, 0.25) is 5.91 Å². The number of aromatic nitrogens is 2. The molecule has 3 aliphatic heterocycles. The number of fused-ring (bicyclic) bond motifs is 2.